The van der Waals surface area contributed by atoms with E-state index in [4.69, 9.17) is 23.2 Å². The molecule has 34 heavy (non-hydrogen) atoms. The first-order valence-corrected chi connectivity index (χ1v) is 12.8. The lowest BCUT2D eigenvalue weighted by Crippen LogP contribution is -2.53. The molecule has 0 spiro atoms. The first kappa shape index (κ1) is 25.0. The van der Waals surface area contributed by atoms with Gasteiger partial charge in [-0.1, -0.05) is 47.5 Å². The molecule has 0 bridgehead atoms. The highest BCUT2D eigenvalue weighted by Gasteiger charge is 2.52. The standard InChI is InChI=1S/C27H33Cl2N3O2/c1-32(2)23-13-11-22(12-14-23)30-25(33)24(17-18-3-7-20(28)8-4-18)31-26(34)27(15-16-27)19-5-9-21(29)10-6-19/h3-10,22-24H,11-17H2,1-2H3,(H,30,33)(H,31,34)/t22?,23?,24-/m1/s1. The van der Waals surface area contributed by atoms with Gasteiger partial charge in [-0.25, -0.2) is 0 Å². The lowest BCUT2D eigenvalue weighted by atomic mass is 9.90. The molecule has 0 radical (unpaired) electrons. The molecule has 0 aromatic heterocycles. The van der Waals surface area contributed by atoms with Crippen LogP contribution in [0.3, 0.4) is 0 Å². The van der Waals surface area contributed by atoms with Gasteiger partial charge in [0.1, 0.15) is 6.04 Å². The van der Waals surface area contributed by atoms with E-state index in [1.807, 2.05) is 48.5 Å². The third-order valence-electron chi connectivity index (χ3n) is 7.33. The molecule has 2 aliphatic rings. The van der Waals surface area contributed by atoms with Gasteiger partial charge < -0.3 is 15.5 Å². The molecular weight excluding hydrogens is 469 g/mol. The van der Waals surface area contributed by atoms with Crippen molar-refractivity contribution in [3.8, 4) is 0 Å². The van der Waals surface area contributed by atoms with Gasteiger partial charge in [-0.05, 0) is 88.0 Å². The summed E-state index contributed by atoms with van der Waals surface area (Å²) in [6.07, 6.45) is 5.97. The third kappa shape index (κ3) is 5.94. The van der Waals surface area contributed by atoms with Crippen LogP contribution < -0.4 is 10.6 Å². The molecular formula is C27H33Cl2N3O2. The van der Waals surface area contributed by atoms with E-state index in [0.29, 0.717) is 22.5 Å². The fraction of sp³-hybridized carbons (Fsp3) is 0.481. The topological polar surface area (TPSA) is 61.4 Å². The number of carbonyl (C=O) groups excluding carboxylic acids is 2. The summed E-state index contributed by atoms with van der Waals surface area (Å²) in [5.41, 5.74) is 1.33. The van der Waals surface area contributed by atoms with E-state index >= 15 is 0 Å². The van der Waals surface area contributed by atoms with E-state index in [1.165, 1.54) is 0 Å². The van der Waals surface area contributed by atoms with Crippen LogP contribution in [0.5, 0.6) is 0 Å². The van der Waals surface area contributed by atoms with Crippen LogP contribution in [-0.4, -0.2) is 48.9 Å². The Morgan fingerprint density at radius 3 is 2.03 bits per heavy atom. The van der Waals surface area contributed by atoms with Crippen LogP contribution in [0, 0.1) is 0 Å². The van der Waals surface area contributed by atoms with Crippen molar-refractivity contribution in [2.24, 2.45) is 0 Å². The van der Waals surface area contributed by atoms with Crippen molar-refractivity contribution in [1.29, 1.82) is 0 Å². The predicted octanol–water partition coefficient (Wildman–Crippen LogP) is 4.74. The van der Waals surface area contributed by atoms with Crippen LogP contribution in [0.2, 0.25) is 10.0 Å². The Balaban J connectivity index is 1.46. The summed E-state index contributed by atoms with van der Waals surface area (Å²) in [4.78, 5) is 29.1. The Hall–Kier alpha value is -2.08. The molecule has 2 fully saturated rings. The number of nitrogens with one attached hydrogen (secondary N) is 2. The zero-order valence-corrected chi connectivity index (χ0v) is 21.3. The molecule has 2 aromatic carbocycles. The van der Waals surface area contributed by atoms with Gasteiger partial charge >= 0.3 is 0 Å². The first-order valence-electron chi connectivity index (χ1n) is 12.0. The van der Waals surface area contributed by atoms with E-state index in [0.717, 1.165) is 49.7 Å². The van der Waals surface area contributed by atoms with Gasteiger partial charge in [0.15, 0.2) is 0 Å². The molecule has 0 unspecified atom stereocenters. The SMILES string of the molecule is CN(C)C1CCC(NC(=O)[C@@H](Cc2ccc(Cl)cc2)NC(=O)C2(c3ccc(Cl)cc3)CC2)CC1. The Morgan fingerprint density at radius 1 is 0.941 bits per heavy atom. The zero-order chi connectivity index (χ0) is 24.3. The van der Waals surface area contributed by atoms with E-state index < -0.39 is 11.5 Å². The van der Waals surface area contributed by atoms with Gasteiger partial charge in [-0.15, -0.1) is 0 Å². The van der Waals surface area contributed by atoms with E-state index in [1.54, 1.807) is 0 Å². The minimum absolute atomic E-state index is 0.0970. The average Bonchev–Trinajstić information content (AvgIpc) is 3.63. The van der Waals surface area contributed by atoms with E-state index in [-0.39, 0.29) is 17.9 Å². The number of rotatable bonds is 8. The molecule has 2 amide bonds. The summed E-state index contributed by atoms with van der Waals surface area (Å²) in [5.74, 6) is -0.219. The highest BCUT2D eigenvalue weighted by molar-refractivity contribution is 6.30. The molecule has 0 heterocycles. The number of halogens is 2. The molecule has 2 saturated carbocycles. The number of benzene rings is 2. The summed E-state index contributed by atoms with van der Waals surface area (Å²) >= 11 is 12.1. The number of carbonyl (C=O) groups is 2. The third-order valence-corrected chi connectivity index (χ3v) is 7.83. The Bertz CT molecular complexity index is 996. The van der Waals surface area contributed by atoms with E-state index in [2.05, 4.69) is 29.6 Å². The fourth-order valence-electron chi connectivity index (χ4n) is 4.94. The molecule has 7 heteroatoms. The second-order valence-electron chi connectivity index (χ2n) is 9.92. The van der Waals surface area contributed by atoms with Crippen molar-refractivity contribution in [2.75, 3.05) is 14.1 Å². The molecule has 4 rings (SSSR count). The predicted molar refractivity (Wildman–Crippen MR) is 137 cm³/mol. The number of nitrogens with zero attached hydrogens (tertiary/aromatic N) is 1. The average molecular weight is 502 g/mol. The van der Waals surface area contributed by atoms with Gasteiger partial charge in [0.05, 0.1) is 5.41 Å². The molecule has 0 aliphatic heterocycles. The summed E-state index contributed by atoms with van der Waals surface area (Å²) in [6, 6.07) is 14.9. The zero-order valence-electron chi connectivity index (χ0n) is 19.8. The van der Waals surface area contributed by atoms with Gasteiger partial charge in [0, 0.05) is 28.5 Å². The maximum absolute atomic E-state index is 13.4. The van der Waals surface area contributed by atoms with Crippen LogP contribution in [0.25, 0.3) is 0 Å². The minimum Gasteiger partial charge on any atom is -0.352 e. The second kappa shape index (κ2) is 10.7. The fourth-order valence-corrected chi connectivity index (χ4v) is 5.19. The van der Waals surface area contributed by atoms with E-state index in [9.17, 15) is 9.59 Å². The summed E-state index contributed by atoms with van der Waals surface area (Å²) in [6.45, 7) is 0. The van der Waals surface area contributed by atoms with Gasteiger partial charge in [0.25, 0.3) is 0 Å². The van der Waals surface area contributed by atoms with Crippen molar-refractivity contribution in [2.45, 2.75) is 68.5 Å². The normalized spacial score (nSPS) is 22.1. The van der Waals surface area contributed by atoms with Gasteiger partial charge in [0.2, 0.25) is 11.8 Å². The molecule has 1 atom stereocenters. The van der Waals surface area contributed by atoms with Crippen molar-refractivity contribution < 1.29 is 9.59 Å². The molecule has 2 aliphatic carbocycles. The number of hydrogen-bond donors (Lipinski definition) is 2. The molecule has 2 N–H and O–H groups in total. The number of amides is 2. The van der Waals surface area contributed by atoms with Crippen LogP contribution in [0.1, 0.15) is 49.7 Å². The highest BCUT2D eigenvalue weighted by atomic mass is 35.5. The molecule has 2 aromatic rings. The maximum Gasteiger partial charge on any atom is 0.243 e. The van der Waals surface area contributed by atoms with Crippen LogP contribution in [0.4, 0.5) is 0 Å². The highest BCUT2D eigenvalue weighted by Crippen LogP contribution is 2.48. The number of hydrogen-bond acceptors (Lipinski definition) is 3. The van der Waals surface area contributed by atoms with Gasteiger partial charge in [-0.3, -0.25) is 9.59 Å². The maximum atomic E-state index is 13.4. The van der Waals surface area contributed by atoms with Crippen molar-refractivity contribution in [3.05, 3.63) is 69.7 Å². The summed E-state index contributed by atoms with van der Waals surface area (Å²) in [5, 5.41) is 7.59. The van der Waals surface area contributed by atoms with Crippen molar-refractivity contribution in [3.63, 3.8) is 0 Å². The van der Waals surface area contributed by atoms with Crippen LogP contribution in [0.15, 0.2) is 48.5 Å². The summed E-state index contributed by atoms with van der Waals surface area (Å²) < 4.78 is 0. The monoisotopic (exact) mass is 501 g/mol. The molecule has 182 valence electrons. The molecule has 5 nitrogen and oxygen atoms in total. The minimum atomic E-state index is -0.648. The Kier molecular flexibility index (Phi) is 7.86. The van der Waals surface area contributed by atoms with Crippen LogP contribution >= 0.6 is 23.2 Å². The Morgan fingerprint density at radius 2 is 1.50 bits per heavy atom. The lowest BCUT2D eigenvalue weighted by Gasteiger charge is -2.33. The van der Waals surface area contributed by atoms with Crippen molar-refractivity contribution >= 4 is 35.0 Å². The smallest absolute Gasteiger partial charge is 0.243 e. The summed E-state index contributed by atoms with van der Waals surface area (Å²) in [7, 11) is 4.21. The van der Waals surface area contributed by atoms with Crippen molar-refractivity contribution in [1.82, 2.24) is 15.5 Å². The van der Waals surface area contributed by atoms with Gasteiger partial charge in [-0.2, -0.15) is 0 Å². The largest absolute Gasteiger partial charge is 0.352 e. The lowest BCUT2D eigenvalue weighted by molar-refractivity contribution is -0.130. The quantitative estimate of drug-likeness (QED) is 0.548. The Labute approximate surface area is 212 Å². The molecule has 0 saturated heterocycles. The van der Waals surface area contributed by atoms with Crippen LogP contribution in [-0.2, 0) is 21.4 Å². The first-order chi connectivity index (χ1) is 16.3. The second-order valence-corrected chi connectivity index (χ2v) is 10.8.